The highest BCUT2D eigenvalue weighted by molar-refractivity contribution is 6.20. The molecule has 1 aromatic heterocycles. The van der Waals surface area contributed by atoms with Gasteiger partial charge in [-0.15, -0.1) is 11.6 Å². The van der Waals surface area contributed by atoms with E-state index in [4.69, 9.17) is 11.6 Å². The number of hydrogen-bond acceptors (Lipinski definition) is 2. The van der Waals surface area contributed by atoms with Gasteiger partial charge in [-0.2, -0.15) is 0 Å². The third-order valence-corrected chi connectivity index (χ3v) is 3.48. The van der Waals surface area contributed by atoms with Crippen LogP contribution in [0.25, 0.3) is 10.9 Å². The summed E-state index contributed by atoms with van der Waals surface area (Å²) < 4.78 is 0. The summed E-state index contributed by atoms with van der Waals surface area (Å²) in [5, 5.41) is 4.86. The predicted molar refractivity (Wildman–Crippen MR) is 82.5 cm³/mol. The quantitative estimate of drug-likeness (QED) is 0.808. The van der Waals surface area contributed by atoms with E-state index in [1.54, 1.807) is 0 Å². The van der Waals surface area contributed by atoms with Crippen LogP contribution in [0, 0.1) is 5.92 Å². The fraction of sp³-hybridized carbons (Fsp3) is 0.438. The molecule has 0 bridgehead atoms. The molecular weight excluding hydrogens is 256 g/mol. The van der Waals surface area contributed by atoms with Gasteiger partial charge >= 0.3 is 0 Å². The highest BCUT2D eigenvalue weighted by Crippen LogP contribution is 2.16. The molecule has 0 fully saturated rings. The van der Waals surface area contributed by atoms with Crippen molar-refractivity contribution in [2.45, 2.75) is 32.2 Å². The van der Waals surface area contributed by atoms with Crippen molar-refractivity contribution >= 4 is 22.5 Å². The van der Waals surface area contributed by atoms with Gasteiger partial charge in [0.15, 0.2) is 0 Å². The number of fused-ring (bicyclic) bond motifs is 1. The zero-order chi connectivity index (χ0) is 13.7. The summed E-state index contributed by atoms with van der Waals surface area (Å²) in [6, 6.07) is 10.3. The van der Waals surface area contributed by atoms with Crippen LogP contribution in [0.15, 0.2) is 36.5 Å². The lowest BCUT2D eigenvalue weighted by molar-refractivity contribution is 0.534. The molecule has 1 aromatic carbocycles. The lowest BCUT2D eigenvalue weighted by Gasteiger charge is -2.13. The second-order valence-electron chi connectivity index (χ2n) is 5.34. The molecule has 0 aliphatic rings. The second-order valence-corrected chi connectivity index (χ2v) is 5.96. The number of pyridine rings is 1. The number of nitrogens with one attached hydrogen (secondary N) is 1. The van der Waals surface area contributed by atoms with Gasteiger partial charge in [0.05, 0.1) is 5.52 Å². The van der Waals surface area contributed by atoms with Gasteiger partial charge in [-0.25, -0.2) is 0 Å². The van der Waals surface area contributed by atoms with Crippen molar-refractivity contribution in [1.82, 2.24) is 10.3 Å². The molecule has 0 aliphatic carbocycles. The fourth-order valence-corrected chi connectivity index (χ4v) is 2.73. The summed E-state index contributed by atoms with van der Waals surface area (Å²) in [6.45, 7) is 6.08. The smallest absolute Gasteiger partial charge is 0.0705 e. The number of benzene rings is 1. The summed E-state index contributed by atoms with van der Waals surface area (Å²) in [5.41, 5.74) is 2.32. The highest BCUT2D eigenvalue weighted by atomic mass is 35.5. The van der Waals surface area contributed by atoms with Gasteiger partial charge in [-0.1, -0.05) is 32.0 Å². The number of aromatic nitrogens is 1. The molecule has 2 aromatic rings. The van der Waals surface area contributed by atoms with Crippen molar-refractivity contribution in [3.63, 3.8) is 0 Å². The second kappa shape index (κ2) is 6.88. The zero-order valence-electron chi connectivity index (χ0n) is 11.6. The van der Waals surface area contributed by atoms with E-state index >= 15 is 0 Å². The van der Waals surface area contributed by atoms with E-state index in [0.29, 0.717) is 5.92 Å². The Morgan fingerprint density at radius 1 is 1.21 bits per heavy atom. The Balaban J connectivity index is 1.95. The van der Waals surface area contributed by atoms with Crippen LogP contribution in [0.5, 0.6) is 0 Å². The topological polar surface area (TPSA) is 24.9 Å². The van der Waals surface area contributed by atoms with E-state index in [2.05, 4.69) is 42.3 Å². The summed E-state index contributed by atoms with van der Waals surface area (Å²) in [7, 11) is 0. The Hall–Kier alpha value is -1.12. The molecule has 0 saturated heterocycles. The van der Waals surface area contributed by atoms with Crippen molar-refractivity contribution < 1.29 is 0 Å². The Kier molecular flexibility index (Phi) is 5.17. The molecular formula is C16H21ClN2. The third-order valence-electron chi connectivity index (χ3n) is 3.15. The van der Waals surface area contributed by atoms with E-state index < -0.39 is 0 Å². The van der Waals surface area contributed by atoms with Crippen LogP contribution in [-0.2, 0) is 6.54 Å². The van der Waals surface area contributed by atoms with Crippen LogP contribution in [0.1, 0.15) is 25.8 Å². The molecule has 0 radical (unpaired) electrons. The monoisotopic (exact) mass is 276 g/mol. The molecule has 1 unspecified atom stereocenters. The number of hydrogen-bond donors (Lipinski definition) is 1. The molecule has 0 amide bonds. The highest BCUT2D eigenvalue weighted by Gasteiger charge is 2.07. The molecule has 0 saturated carbocycles. The third kappa shape index (κ3) is 4.19. The fourth-order valence-electron chi connectivity index (χ4n) is 2.27. The maximum absolute atomic E-state index is 6.29. The normalized spacial score (nSPS) is 13.1. The van der Waals surface area contributed by atoms with Crippen molar-refractivity contribution in [2.75, 3.05) is 6.54 Å². The largest absolute Gasteiger partial charge is 0.311 e. The van der Waals surface area contributed by atoms with Crippen LogP contribution in [0.2, 0.25) is 0 Å². The van der Waals surface area contributed by atoms with Crippen molar-refractivity contribution in [3.8, 4) is 0 Å². The Bertz CT molecular complexity index is 520. The minimum absolute atomic E-state index is 0.202. The molecule has 2 rings (SSSR count). The summed E-state index contributed by atoms with van der Waals surface area (Å²) in [6.07, 6.45) is 2.91. The number of nitrogens with zero attached hydrogens (tertiary/aromatic N) is 1. The number of alkyl halides is 1. The molecule has 19 heavy (non-hydrogen) atoms. The number of halogens is 1. The van der Waals surface area contributed by atoms with Gasteiger partial charge < -0.3 is 5.32 Å². The summed E-state index contributed by atoms with van der Waals surface area (Å²) in [5.74, 6) is 0.644. The van der Waals surface area contributed by atoms with Crippen LogP contribution < -0.4 is 5.32 Å². The van der Waals surface area contributed by atoms with Gasteiger partial charge in [0, 0.05) is 30.0 Å². The number of rotatable bonds is 6. The van der Waals surface area contributed by atoms with Crippen LogP contribution >= 0.6 is 11.6 Å². The van der Waals surface area contributed by atoms with Gasteiger partial charge in [0.1, 0.15) is 0 Å². The average molecular weight is 277 g/mol. The summed E-state index contributed by atoms with van der Waals surface area (Å²) in [4.78, 5) is 4.37. The maximum atomic E-state index is 6.29. The Labute approximate surface area is 120 Å². The molecule has 0 spiro atoms. The maximum Gasteiger partial charge on any atom is 0.0705 e. The summed E-state index contributed by atoms with van der Waals surface area (Å²) >= 11 is 6.29. The number of para-hydroxylation sites is 1. The SMILES string of the molecule is CC(C)CC(Cl)CNCc1ccnc2ccccc12. The van der Waals surface area contributed by atoms with Gasteiger partial charge in [0.2, 0.25) is 0 Å². The molecule has 1 N–H and O–H groups in total. The van der Waals surface area contributed by atoms with E-state index in [1.807, 2.05) is 18.3 Å². The predicted octanol–water partition coefficient (Wildman–Crippen LogP) is 3.98. The van der Waals surface area contributed by atoms with Crippen LogP contribution in [-0.4, -0.2) is 16.9 Å². The first kappa shape index (κ1) is 14.3. The Morgan fingerprint density at radius 2 is 2.00 bits per heavy atom. The first-order chi connectivity index (χ1) is 9.16. The van der Waals surface area contributed by atoms with E-state index in [-0.39, 0.29) is 5.38 Å². The van der Waals surface area contributed by atoms with Gasteiger partial charge in [0.25, 0.3) is 0 Å². The van der Waals surface area contributed by atoms with Gasteiger partial charge in [-0.3, -0.25) is 4.98 Å². The molecule has 102 valence electrons. The van der Waals surface area contributed by atoms with E-state index in [1.165, 1.54) is 10.9 Å². The van der Waals surface area contributed by atoms with Crippen LogP contribution in [0.3, 0.4) is 0 Å². The lowest BCUT2D eigenvalue weighted by atomic mass is 10.1. The molecule has 0 aliphatic heterocycles. The lowest BCUT2D eigenvalue weighted by Crippen LogP contribution is -2.24. The molecule has 3 heteroatoms. The molecule has 1 heterocycles. The van der Waals surface area contributed by atoms with Crippen LogP contribution in [0.4, 0.5) is 0 Å². The van der Waals surface area contributed by atoms with Crippen molar-refractivity contribution in [1.29, 1.82) is 0 Å². The van der Waals surface area contributed by atoms with Crippen molar-refractivity contribution in [3.05, 3.63) is 42.1 Å². The molecule has 2 nitrogen and oxygen atoms in total. The first-order valence-electron chi connectivity index (χ1n) is 6.84. The first-order valence-corrected chi connectivity index (χ1v) is 7.28. The van der Waals surface area contributed by atoms with Crippen molar-refractivity contribution in [2.24, 2.45) is 5.92 Å². The minimum Gasteiger partial charge on any atom is -0.311 e. The average Bonchev–Trinajstić information content (AvgIpc) is 2.38. The van der Waals surface area contributed by atoms with E-state index in [0.717, 1.165) is 25.0 Å². The minimum atomic E-state index is 0.202. The Morgan fingerprint density at radius 3 is 2.79 bits per heavy atom. The van der Waals surface area contributed by atoms with E-state index in [9.17, 15) is 0 Å². The zero-order valence-corrected chi connectivity index (χ0v) is 12.3. The van der Waals surface area contributed by atoms with Gasteiger partial charge in [-0.05, 0) is 30.0 Å². The molecule has 1 atom stereocenters. The standard InChI is InChI=1S/C16H21ClN2/c1-12(2)9-14(17)11-18-10-13-7-8-19-16-6-4-3-5-15(13)16/h3-8,12,14,18H,9-11H2,1-2H3.